The smallest absolute Gasteiger partial charge is 0.227 e. The molecule has 0 aliphatic carbocycles. The normalized spacial score (nSPS) is 16.6. The summed E-state index contributed by atoms with van der Waals surface area (Å²) < 4.78 is 12.0. The molecule has 1 N–H and O–H groups in total. The molecule has 244 valence electrons. The van der Waals surface area contributed by atoms with Crippen molar-refractivity contribution >= 4 is 52.1 Å². The Kier molecular flexibility index (Phi) is 10.9. The number of carbonyl (C=O) groups excluding carboxylic acids is 2. The maximum Gasteiger partial charge on any atom is 0.227 e. The second-order valence-corrected chi connectivity index (χ2v) is 13.0. The summed E-state index contributed by atoms with van der Waals surface area (Å²) in [7, 11) is 0. The lowest BCUT2D eigenvalue weighted by molar-refractivity contribution is -0.119. The summed E-state index contributed by atoms with van der Waals surface area (Å²) in [4.78, 5) is 31.4. The van der Waals surface area contributed by atoms with Crippen molar-refractivity contribution in [3.63, 3.8) is 0 Å². The molecule has 3 aromatic rings. The first-order valence-electron chi connectivity index (χ1n) is 16.5. The highest BCUT2D eigenvalue weighted by molar-refractivity contribution is 6.43. The number of hydrogen-bond acceptors (Lipinski definition) is 6. The van der Waals surface area contributed by atoms with E-state index in [-0.39, 0.29) is 11.8 Å². The summed E-state index contributed by atoms with van der Waals surface area (Å²) in [5.74, 6) is 1.81. The molecule has 0 unspecified atom stereocenters. The fourth-order valence-corrected chi connectivity index (χ4v) is 6.85. The number of rotatable bonds is 13. The lowest BCUT2D eigenvalue weighted by Crippen LogP contribution is -2.46. The molecular weight excluding hydrogens is 623 g/mol. The molecule has 0 atom stereocenters. The van der Waals surface area contributed by atoms with Crippen LogP contribution in [0.15, 0.2) is 54.6 Å². The van der Waals surface area contributed by atoms with Crippen LogP contribution in [0.25, 0.3) is 0 Å². The minimum Gasteiger partial charge on any atom is -0.494 e. The summed E-state index contributed by atoms with van der Waals surface area (Å²) in [6.45, 7) is 6.69. The zero-order valence-electron chi connectivity index (χ0n) is 26.2. The van der Waals surface area contributed by atoms with E-state index in [2.05, 4.69) is 21.2 Å². The topological polar surface area (TPSA) is 74.4 Å². The number of aryl methyl sites for hydroxylation is 2. The molecule has 10 heteroatoms. The Morgan fingerprint density at radius 3 is 2.17 bits per heavy atom. The van der Waals surface area contributed by atoms with Gasteiger partial charge >= 0.3 is 0 Å². The van der Waals surface area contributed by atoms with Gasteiger partial charge in [0.15, 0.2) is 0 Å². The van der Waals surface area contributed by atoms with Crippen molar-refractivity contribution in [3.05, 3.63) is 75.8 Å². The van der Waals surface area contributed by atoms with Crippen LogP contribution in [0.4, 0.5) is 17.1 Å². The number of unbranched alkanes of at least 4 members (excludes halogenated alkanes) is 2. The van der Waals surface area contributed by atoms with Gasteiger partial charge < -0.3 is 24.6 Å². The molecule has 0 aromatic heterocycles. The lowest BCUT2D eigenvalue weighted by atomic mass is 10.0. The standard InChI is InChI=1S/C36H42Cl2N4O4/c37-30-6-5-7-32(36(30)38)41-20-18-40(19-21-41)16-1-2-17-42-33-25-29(13-9-27(33)11-15-35(42)44)46-23-4-3-22-45-28-12-8-26-10-14-34(43)39-31(26)24-28/h5-9,12-13,24-25H,1-4,10-11,14-23H2,(H,39,43). The van der Waals surface area contributed by atoms with Gasteiger partial charge in [0.25, 0.3) is 0 Å². The molecule has 8 nitrogen and oxygen atoms in total. The third kappa shape index (κ3) is 8.08. The van der Waals surface area contributed by atoms with Gasteiger partial charge in [0.05, 0.1) is 34.6 Å². The van der Waals surface area contributed by atoms with Gasteiger partial charge in [-0.15, -0.1) is 0 Å². The first kappa shape index (κ1) is 32.5. The number of nitrogens with one attached hydrogen (secondary N) is 1. The molecule has 0 spiro atoms. The van der Waals surface area contributed by atoms with E-state index in [1.807, 2.05) is 53.4 Å². The van der Waals surface area contributed by atoms with Gasteiger partial charge in [-0.05, 0) is 80.5 Å². The van der Waals surface area contributed by atoms with E-state index in [0.29, 0.717) is 36.1 Å². The first-order chi connectivity index (χ1) is 22.4. The average Bonchev–Trinajstić information content (AvgIpc) is 3.07. The fraction of sp³-hybridized carbons (Fsp3) is 0.444. The van der Waals surface area contributed by atoms with Crippen LogP contribution in [0, 0.1) is 0 Å². The second-order valence-electron chi connectivity index (χ2n) is 12.2. The van der Waals surface area contributed by atoms with E-state index in [4.69, 9.17) is 32.7 Å². The summed E-state index contributed by atoms with van der Waals surface area (Å²) in [5, 5.41) is 4.14. The van der Waals surface area contributed by atoms with Crippen LogP contribution >= 0.6 is 23.2 Å². The van der Waals surface area contributed by atoms with Crippen molar-refractivity contribution in [1.82, 2.24) is 4.90 Å². The quantitative estimate of drug-likeness (QED) is 0.198. The van der Waals surface area contributed by atoms with Crippen molar-refractivity contribution in [3.8, 4) is 11.5 Å². The Morgan fingerprint density at radius 2 is 1.39 bits per heavy atom. The third-order valence-electron chi connectivity index (χ3n) is 9.06. The van der Waals surface area contributed by atoms with Gasteiger partial charge in [-0.3, -0.25) is 14.5 Å². The molecule has 3 aromatic carbocycles. The van der Waals surface area contributed by atoms with Crippen molar-refractivity contribution in [2.45, 2.75) is 51.4 Å². The van der Waals surface area contributed by atoms with Gasteiger partial charge in [0.2, 0.25) is 11.8 Å². The highest BCUT2D eigenvalue weighted by atomic mass is 35.5. The summed E-state index contributed by atoms with van der Waals surface area (Å²) in [6, 6.07) is 17.9. The number of ether oxygens (including phenoxy) is 2. The number of nitrogens with zero attached hydrogens (tertiary/aromatic N) is 3. The van der Waals surface area contributed by atoms with Crippen LogP contribution in [0.3, 0.4) is 0 Å². The molecule has 0 radical (unpaired) electrons. The van der Waals surface area contributed by atoms with Crippen LogP contribution < -0.4 is 24.6 Å². The van der Waals surface area contributed by atoms with Crippen LogP contribution in [0.1, 0.15) is 49.7 Å². The summed E-state index contributed by atoms with van der Waals surface area (Å²) in [6.07, 6.45) is 6.32. The van der Waals surface area contributed by atoms with Crippen molar-refractivity contribution in [2.75, 3.05) is 67.6 Å². The number of halogens is 2. The number of benzene rings is 3. The molecule has 6 rings (SSSR count). The molecule has 1 saturated heterocycles. The van der Waals surface area contributed by atoms with Crippen LogP contribution in [-0.2, 0) is 22.4 Å². The zero-order valence-corrected chi connectivity index (χ0v) is 27.8. The predicted octanol–water partition coefficient (Wildman–Crippen LogP) is 7.00. The van der Waals surface area contributed by atoms with E-state index in [1.165, 1.54) is 5.56 Å². The Bertz CT molecular complexity index is 1540. The zero-order chi connectivity index (χ0) is 31.9. The van der Waals surface area contributed by atoms with E-state index in [0.717, 1.165) is 112 Å². The average molecular weight is 666 g/mol. The summed E-state index contributed by atoms with van der Waals surface area (Å²) in [5.41, 5.74) is 5.21. The maximum atomic E-state index is 12.9. The van der Waals surface area contributed by atoms with Gasteiger partial charge in [0, 0.05) is 63.4 Å². The number of piperazine rings is 1. The molecule has 2 amide bonds. The van der Waals surface area contributed by atoms with Crippen LogP contribution in [-0.4, -0.2) is 69.2 Å². The summed E-state index contributed by atoms with van der Waals surface area (Å²) >= 11 is 12.7. The molecule has 3 aliphatic rings. The van der Waals surface area contributed by atoms with Gasteiger partial charge in [-0.2, -0.15) is 0 Å². The van der Waals surface area contributed by atoms with Gasteiger partial charge in [-0.25, -0.2) is 0 Å². The SMILES string of the molecule is O=C1CCc2ccc(OCCCCOc3ccc4c(c3)N(CCCCN3CCN(c5cccc(Cl)c5Cl)CC3)C(=O)CC4)cc2N1. The number of fused-ring (bicyclic) bond motifs is 2. The van der Waals surface area contributed by atoms with E-state index >= 15 is 0 Å². The second kappa shape index (κ2) is 15.4. The van der Waals surface area contributed by atoms with E-state index in [9.17, 15) is 9.59 Å². The highest BCUT2D eigenvalue weighted by Gasteiger charge is 2.25. The van der Waals surface area contributed by atoms with Crippen molar-refractivity contribution < 1.29 is 19.1 Å². The molecule has 0 bridgehead atoms. The minimum absolute atomic E-state index is 0.0548. The van der Waals surface area contributed by atoms with Crippen LogP contribution in [0.2, 0.25) is 10.0 Å². The third-order valence-corrected chi connectivity index (χ3v) is 9.87. The minimum atomic E-state index is 0.0548. The number of hydrogen-bond donors (Lipinski definition) is 1. The van der Waals surface area contributed by atoms with E-state index < -0.39 is 0 Å². The number of carbonyl (C=O) groups is 2. The van der Waals surface area contributed by atoms with Gasteiger partial charge in [0.1, 0.15) is 11.5 Å². The Balaban J connectivity index is 0.912. The van der Waals surface area contributed by atoms with Gasteiger partial charge in [-0.1, -0.05) is 41.4 Å². The molecule has 0 saturated carbocycles. The Labute approximate surface area is 281 Å². The van der Waals surface area contributed by atoms with E-state index in [1.54, 1.807) is 0 Å². The first-order valence-corrected chi connectivity index (χ1v) is 17.2. The fourth-order valence-electron chi connectivity index (χ4n) is 6.43. The Hall–Kier alpha value is -3.46. The molecular formula is C36H42Cl2N4O4. The monoisotopic (exact) mass is 664 g/mol. The molecule has 46 heavy (non-hydrogen) atoms. The molecule has 1 fully saturated rings. The van der Waals surface area contributed by atoms with Crippen molar-refractivity contribution in [1.29, 1.82) is 0 Å². The lowest BCUT2D eigenvalue weighted by Gasteiger charge is -2.36. The number of anilines is 3. The predicted molar refractivity (Wildman–Crippen MR) is 185 cm³/mol. The van der Waals surface area contributed by atoms with Crippen molar-refractivity contribution in [2.24, 2.45) is 0 Å². The number of amides is 2. The maximum absolute atomic E-state index is 12.9. The highest BCUT2D eigenvalue weighted by Crippen LogP contribution is 2.34. The Morgan fingerprint density at radius 1 is 0.696 bits per heavy atom. The van der Waals surface area contributed by atoms with Crippen LogP contribution in [0.5, 0.6) is 11.5 Å². The molecule has 3 aliphatic heterocycles. The molecule has 3 heterocycles. The largest absolute Gasteiger partial charge is 0.494 e.